The Morgan fingerprint density at radius 3 is 1.28 bits per heavy atom. The van der Waals surface area contributed by atoms with Crippen molar-refractivity contribution in [2.75, 3.05) is 11.5 Å². The molecule has 0 unspecified atom stereocenters. The molecule has 3 aromatic rings. The molecule has 0 amide bonds. The van der Waals surface area contributed by atoms with E-state index in [2.05, 4.69) is 135 Å². The second-order valence-electron chi connectivity index (χ2n) is 6.00. The normalized spacial score (nSPS) is 13.4. The Morgan fingerprint density at radius 1 is 0.600 bits per heavy atom. The van der Waals surface area contributed by atoms with E-state index >= 15 is 0 Å². The van der Waals surface area contributed by atoms with Crippen molar-refractivity contribution in [2.24, 2.45) is 0 Å². The first-order valence-electron chi connectivity index (χ1n) is 8.31. The molecule has 0 heterocycles. The summed E-state index contributed by atoms with van der Waals surface area (Å²) in [6.45, 7) is 0. The number of halogens is 2. The summed E-state index contributed by atoms with van der Waals surface area (Å²) < 4.78 is 0. The summed E-state index contributed by atoms with van der Waals surface area (Å²) in [6, 6.07) is 32.6. The molecule has 0 N–H and O–H groups in total. The molecule has 0 spiro atoms. The fraction of sp³-hybridized carbons (Fsp3) is 0.0909. The zero-order chi connectivity index (χ0) is 17.6. The second-order valence-corrected chi connectivity index (χ2v) is 15.6. The van der Waals surface area contributed by atoms with E-state index in [4.69, 9.17) is 0 Å². The molecular weight excluding hydrogens is 455 g/mol. The van der Waals surface area contributed by atoms with Crippen molar-refractivity contribution in [3.05, 3.63) is 103 Å². The van der Waals surface area contributed by atoms with Crippen LogP contribution in [0.5, 0.6) is 0 Å². The van der Waals surface area contributed by atoms with Gasteiger partial charge >= 0.3 is 167 Å². The summed E-state index contributed by atoms with van der Waals surface area (Å²) in [5.74, 6) is 0. The van der Waals surface area contributed by atoms with Crippen molar-refractivity contribution in [3.8, 4) is 0 Å². The van der Waals surface area contributed by atoms with Gasteiger partial charge in [0, 0.05) is 0 Å². The fourth-order valence-corrected chi connectivity index (χ4v) is 10.7. The number of benzene rings is 3. The molecule has 3 aromatic carbocycles. The standard InChI is InChI=1S/C22H21Br2P/c23-18-10-11-19-25(24,20-12-4-1-5-13-20,21-14-6-2-7-15-21)22-16-8-3-9-17-22/h1-17H,18-19H2. The van der Waals surface area contributed by atoms with Crippen LogP contribution in [0.1, 0.15) is 0 Å². The van der Waals surface area contributed by atoms with E-state index in [-0.39, 0.29) is 0 Å². The molecule has 3 rings (SSSR count). The average Bonchev–Trinajstić information content (AvgIpc) is 2.70. The Bertz CT molecular complexity index is 730. The summed E-state index contributed by atoms with van der Waals surface area (Å²) in [5.41, 5.74) is 0. The van der Waals surface area contributed by atoms with Crippen LogP contribution in [0, 0.1) is 0 Å². The Kier molecular flexibility index (Phi) is 5.94. The van der Waals surface area contributed by atoms with E-state index in [0.717, 1.165) is 11.5 Å². The molecule has 0 aliphatic heterocycles. The van der Waals surface area contributed by atoms with Crippen LogP contribution in [-0.2, 0) is 0 Å². The van der Waals surface area contributed by atoms with Gasteiger partial charge in [-0.15, -0.1) is 0 Å². The van der Waals surface area contributed by atoms with Crippen LogP contribution in [-0.4, -0.2) is 11.5 Å². The molecule has 0 atom stereocenters. The number of hydrogen-bond acceptors (Lipinski definition) is 0. The first-order chi connectivity index (χ1) is 12.2. The third kappa shape index (κ3) is 3.40. The molecular formula is C22H21Br2P. The van der Waals surface area contributed by atoms with Crippen molar-refractivity contribution in [1.82, 2.24) is 0 Å². The molecule has 0 radical (unpaired) electrons. The summed E-state index contributed by atoms with van der Waals surface area (Å²) >= 11 is 7.93. The third-order valence-electron chi connectivity index (χ3n) is 4.59. The van der Waals surface area contributed by atoms with Crippen LogP contribution in [0.2, 0.25) is 0 Å². The van der Waals surface area contributed by atoms with Crippen molar-refractivity contribution < 1.29 is 0 Å². The molecule has 0 aliphatic carbocycles. The van der Waals surface area contributed by atoms with Gasteiger partial charge < -0.3 is 0 Å². The van der Waals surface area contributed by atoms with Gasteiger partial charge in [-0.25, -0.2) is 0 Å². The van der Waals surface area contributed by atoms with Crippen LogP contribution in [0.15, 0.2) is 103 Å². The van der Waals surface area contributed by atoms with Crippen LogP contribution >= 0.6 is 36.7 Å². The maximum absolute atomic E-state index is 4.41. The minimum absolute atomic E-state index is 0.866. The average molecular weight is 476 g/mol. The monoisotopic (exact) mass is 474 g/mol. The predicted octanol–water partition coefficient (Wildman–Crippen LogP) is 5.78. The van der Waals surface area contributed by atoms with Gasteiger partial charge in [0.1, 0.15) is 0 Å². The van der Waals surface area contributed by atoms with Gasteiger partial charge in [0.15, 0.2) is 0 Å². The SMILES string of the molecule is BrCC=CCP(Br)(c1ccccc1)(c1ccccc1)c1ccccc1. The van der Waals surface area contributed by atoms with Gasteiger partial charge in [-0.2, -0.15) is 0 Å². The first-order valence-corrected chi connectivity index (χ1v) is 13.9. The number of hydrogen-bond donors (Lipinski definition) is 0. The van der Waals surface area contributed by atoms with Gasteiger partial charge in [-0.05, 0) is 0 Å². The van der Waals surface area contributed by atoms with E-state index in [1.165, 1.54) is 15.9 Å². The zero-order valence-electron chi connectivity index (χ0n) is 13.9. The molecule has 0 fully saturated rings. The maximum atomic E-state index is 4.41. The summed E-state index contributed by atoms with van der Waals surface area (Å²) in [7, 11) is 0. The van der Waals surface area contributed by atoms with E-state index in [0.29, 0.717) is 0 Å². The first kappa shape index (κ1) is 18.6. The number of alkyl halides is 1. The van der Waals surface area contributed by atoms with Gasteiger partial charge in [0.05, 0.1) is 0 Å². The Balaban J connectivity index is 2.38. The number of rotatable bonds is 6. The topological polar surface area (TPSA) is 0 Å². The van der Waals surface area contributed by atoms with E-state index in [1.807, 2.05) is 0 Å². The van der Waals surface area contributed by atoms with Crippen LogP contribution in [0.25, 0.3) is 0 Å². The molecule has 0 nitrogen and oxygen atoms in total. The molecule has 0 aliphatic rings. The fourth-order valence-electron chi connectivity index (χ4n) is 3.32. The predicted molar refractivity (Wildman–Crippen MR) is 122 cm³/mol. The van der Waals surface area contributed by atoms with E-state index in [9.17, 15) is 0 Å². The van der Waals surface area contributed by atoms with Crippen molar-refractivity contribution in [2.45, 2.75) is 0 Å². The van der Waals surface area contributed by atoms with Gasteiger partial charge in [-0.1, -0.05) is 0 Å². The summed E-state index contributed by atoms with van der Waals surface area (Å²) in [4.78, 5) is 0. The summed E-state index contributed by atoms with van der Waals surface area (Å²) in [5, 5.41) is 2.16. The Labute approximate surface area is 166 Å². The van der Waals surface area contributed by atoms with Crippen molar-refractivity contribution in [3.63, 3.8) is 0 Å². The van der Waals surface area contributed by atoms with Crippen LogP contribution < -0.4 is 15.9 Å². The molecule has 25 heavy (non-hydrogen) atoms. The van der Waals surface area contributed by atoms with Crippen molar-refractivity contribution in [1.29, 1.82) is 0 Å². The molecule has 0 aromatic heterocycles. The second kappa shape index (κ2) is 7.99. The molecule has 3 heteroatoms. The quantitative estimate of drug-likeness (QED) is 0.241. The molecule has 128 valence electrons. The van der Waals surface area contributed by atoms with Crippen molar-refractivity contribution >= 4 is 52.6 Å². The minimum atomic E-state index is -2.77. The van der Waals surface area contributed by atoms with Crippen LogP contribution in [0.3, 0.4) is 0 Å². The Morgan fingerprint density at radius 2 is 0.960 bits per heavy atom. The molecule has 0 bridgehead atoms. The van der Waals surface area contributed by atoms with Crippen LogP contribution in [0.4, 0.5) is 0 Å². The zero-order valence-corrected chi connectivity index (χ0v) is 18.0. The third-order valence-corrected chi connectivity index (χ3v) is 14.5. The molecule has 0 saturated heterocycles. The summed E-state index contributed by atoms with van der Waals surface area (Å²) in [6.07, 6.45) is 5.43. The van der Waals surface area contributed by atoms with E-state index in [1.54, 1.807) is 0 Å². The van der Waals surface area contributed by atoms with Gasteiger partial charge in [0.2, 0.25) is 0 Å². The molecule has 0 saturated carbocycles. The Hall–Kier alpha value is -1.21. The van der Waals surface area contributed by atoms with E-state index < -0.39 is 5.31 Å². The number of allylic oxidation sites excluding steroid dienone is 2. The van der Waals surface area contributed by atoms with Gasteiger partial charge in [0.25, 0.3) is 0 Å². The van der Waals surface area contributed by atoms with Gasteiger partial charge in [-0.3, -0.25) is 0 Å².